The van der Waals surface area contributed by atoms with Gasteiger partial charge in [-0.05, 0) is 42.9 Å². The highest BCUT2D eigenvalue weighted by molar-refractivity contribution is 9.10. The summed E-state index contributed by atoms with van der Waals surface area (Å²) in [5.41, 5.74) is 8.66. The molecule has 0 aromatic heterocycles. The van der Waals surface area contributed by atoms with Crippen molar-refractivity contribution in [2.75, 3.05) is 0 Å². The monoisotopic (exact) mass is 275 g/mol. The maximum atomic E-state index is 6.12. The minimum Gasteiger partial charge on any atom is -0.324 e. The zero-order valence-electron chi connectivity index (χ0n) is 8.16. The van der Waals surface area contributed by atoms with Gasteiger partial charge in [0.25, 0.3) is 0 Å². The first-order valence-electron chi connectivity index (χ1n) is 4.70. The number of benzene rings is 1. The molecule has 0 radical (unpaired) electrons. The Labute approximate surface area is 99.6 Å². The van der Waals surface area contributed by atoms with E-state index in [4.69, 9.17) is 5.73 Å². The Balaban J connectivity index is 0.000000980. The molecule has 78 valence electrons. The highest BCUT2D eigenvalue weighted by Crippen LogP contribution is 2.41. The van der Waals surface area contributed by atoms with Gasteiger partial charge in [0.05, 0.1) is 0 Å². The van der Waals surface area contributed by atoms with Gasteiger partial charge < -0.3 is 5.73 Å². The van der Waals surface area contributed by atoms with Crippen LogP contribution in [-0.4, -0.2) is 0 Å². The number of halogens is 2. The van der Waals surface area contributed by atoms with Gasteiger partial charge in [-0.25, -0.2) is 0 Å². The van der Waals surface area contributed by atoms with E-state index in [0.717, 1.165) is 10.4 Å². The van der Waals surface area contributed by atoms with Gasteiger partial charge in [0.2, 0.25) is 0 Å². The fourth-order valence-electron chi connectivity index (χ4n) is 1.61. The molecule has 1 fully saturated rings. The molecular formula is C11H15BrClN. The fourth-order valence-corrected chi connectivity index (χ4v) is 2.37. The van der Waals surface area contributed by atoms with E-state index >= 15 is 0 Å². The summed E-state index contributed by atoms with van der Waals surface area (Å²) in [5, 5.41) is 0. The predicted molar refractivity (Wildman–Crippen MR) is 65.8 cm³/mol. The first-order valence-corrected chi connectivity index (χ1v) is 5.49. The molecule has 0 unspecified atom stereocenters. The molecule has 1 aromatic carbocycles. The van der Waals surface area contributed by atoms with E-state index in [-0.39, 0.29) is 18.4 Å². The largest absolute Gasteiger partial charge is 0.324 e. The molecule has 1 nitrogen and oxygen atoms in total. The lowest BCUT2D eigenvalue weighted by Crippen LogP contribution is -2.12. The molecule has 3 heteroatoms. The van der Waals surface area contributed by atoms with Gasteiger partial charge in [0.1, 0.15) is 0 Å². The van der Waals surface area contributed by atoms with Crippen molar-refractivity contribution < 1.29 is 0 Å². The van der Waals surface area contributed by atoms with Gasteiger partial charge in [0, 0.05) is 10.5 Å². The Morgan fingerprint density at radius 3 is 2.57 bits per heavy atom. The van der Waals surface area contributed by atoms with E-state index in [9.17, 15) is 0 Å². The third-order valence-electron chi connectivity index (χ3n) is 2.64. The summed E-state index contributed by atoms with van der Waals surface area (Å²) in [6.07, 6.45) is 2.59. The molecule has 14 heavy (non-hydrogen) atoms. The van der Waals surface area contributed by atoms with Crippen LogP contribution in [0.5, 0.6) is 0 Å². The Hall–Kier alpha value is -0.0500. The van der Waals surface area contributed by atoms with Gasteiger partial charge in [-0.1, -0.05) is 28.1 Å². The molecule has 0 amide bonds. The minimum absolute atomic E-state index is 0. The summed E-state index contributed by atoms with van der Waals surface area (Å²) in [4.78, 5) is 0. The van der Waals surface area contributed by atoms with Crippen LogP contribution >= 0.6 is 28.3 Å². The standard InChI is InChI=1S/C11H14BrN.ClH/c1-7-2-5-9(10(12)6-7)11(13)8-3-4-8;/h2,5-6,8,11H,3-4,13H2,1H3;1H/t11-;/m0./s1. The van der Waals surface area contributed by atoms with Crippen molar-refractivity contribution in [3.05, 3.63) is 33.8 Å². The lowest BCUT2D eigenvalue weighted by atomic mass is 10.0. The first kappa shape index (κ1) is 12.0. The van der Waals surface area contributed by atoms with Gasteiger partial charge in [0.15, 0.2) is 0 Å². The lowest BCUT2D eigenvalue weighted by Gasteiger charge is -2.13. The highest BCUT2D eigenvalue weighted by Gasteiger charge is 2.30. The van der Waals surface area contributed by atoms with E-state index < -0.39 is 0 Å². The van der Waals surface area contributed by atoms with Crippen molar-refractivity contribution in [1.82, 2.24) is 0 Å². The van der Waals surface area contributed by atoms with Gasteiger partial charge in [-0.3, -0.25) is 0 Å². The van der Waals surface area contributed by atoms with Crippen molar-refractivity contribution in [2.45, 2.75) is 25.8 Å². The van der Waals surface area contributed by atoms with E-state index in [1.807, 2.05) is 0 Å². The summed E-state index contributed by atoms with van der Waals surface area (Å²) >= 11 is 3.56. The van der Waals surface area contributed by atoms with E-state index in [1.54, 1.807) is 0 Å². The SMILES string of the molecule is Cc1ccc([C@@H](N)C2CC2)c(Br)c1.Cl. The van der Waals surface area contributed by atoms with Crippen LogP contribution in [0.4, 0.5) is 0 Å². The van der Waals surface area contributed by atoms with Crippen LogP contribution in [0.2, 0.25) is 0 Å². The quantitative estimate of drug-likeness (QED) is 0.878. The third-order valence-corrected chi connectivity index (χ3v) is 3.33. The lowest BCUT2D eigenvalue weighted by molar-refractivity contribution is 0.630. The number of rotatable bonds is 2. The summed E-state index contributed by atoms with van der Waals surface area (Å²) < 4.78 is 1.16. The van der Waals surface area contributed by atoms with Crippen LogP contribution in [0.3, 0.4) is 0 Å². The second-order valence-corrected chi connectivity index (χ2v) is 4.74. The van der Waals surface area contributed by atoms with Crippen LogP contribution in [0.15, 0.2) is 22.7 Å². The van der Waals surface area contributed by atoms with Crippen LogP contribution < -0.4 is 5.73 Å². The Morgan fingerprint density at radius 2 is 2.07 bits per heavy atom. The smallest absolute Gasteiger partial charge is 0.0334 e. The molecule has 1 saturated carbocycles. The van der Waals surface area contributed by atoms with E-state index in [1.165, 1.54) is 24.0 Å². The molecule has 2 N–H and O–H groups in total. The number of nitrogens with two attached hydrogens (primary N) is 1. The topological polar surface area (TPSA) is 26.0 Å². The highest BCUT2D eigenvalue weighted by atomic mass is 79.9. The molecule has 1 aromatic rings. The molecule has 0 saturated heterocycles. The molecule has 0 spiro atoms. The van der Waals surface area contributed by atoms with Crippen LogP contribution in [0.1, 0.15) is 30.0 Å². The zero-order valence-corrected chi connectivity index (χ0v) is 10.6. The zero-order chi connectivity index (χ0) is 9.42. The third kappa shape index (κ3) is 2.50. The second-order valence-electron chi connectivity index (χ2n) is 3.89. The van der Waals surface area contributed by atoms with E-state index in [0.29, 0.717) is 0 Å². The number of aryl methyl sites for hydroxylation is 1. The van der Waals surface area contributed by atoms with Crippen LogP contribution in [0, 0.1) is 12.8 Å². The maximum absolute atomic E-state index is 6.12. The number of hydrogen-bond acceptors (Lipinski definition) is 1. The summed E-state index contributed by atoms with van der Waals surface area (Å²) in [5.74, 6) is 0.721. The second kappa shape index (κ2) is 4.65. The molecule has 0 aliphatic heterocycles. The predicted octanol–water partition coefficient (Wildman–Crippen LogP) is 3.59. The molecular weight excluding hydrogens is 261 g/mol. The van der Waals surface area contributed by atoms with E-state index in [2.05, 4.69) is 41.1 Å². The Bertz CT molecular complexity index is 323. The molecule has 0 heterocycles. The average molecular weight is 277 g/mol. The Kier molecular flexibility index (Phi) is 3.99. The minimum atomic E-state index is 0. The molecule has 1 atom stereocenters. The average Bonchev–Trinajstić information content (AvgIpc) is 2.85. The van der Waals surface area contributed by atoms with Crippen molar-refractivity contribution in [2.24, 2.45) is 11.7 Å². The molecule has 1 aliphatic rings. The first-order chi connectivity index (χ1) is 6.18. The normalized spacial score (nSPS) is 17.4. The molecule has 2 rings (SSSR count). The summed E-state index contributed by atoms with van der Waals surface area (Å²) in [7, 11) is 0. The fraction of sp³-hybridized carbons (Fsp3) is 0.455. The summed E-state index contributed by atoms with van der Waals surface area (Å²) in [6, 6.07) is 6.64. The molecule has 0 bridgehead atoms. The molecule has 1 aliphatic carbocycles. The van der Waals surface area contributed by atoms with Gasteiger partial charge in [-0.2, -0.15) is 0 Å². The van der Waals surface area contributed by atoms with Crippen molar-refractivity contribution in [3.63, 3.8) is 0 Å². The summed E-state index contributed by atoms with van der Waals surface area (Å²) in [6.45, 7) is 2.09. The van der Waals surface area contributed by atoms with Gasteiger partial charge >= 0.3 is 0 Å². The Morgan fingerprint density at radius 1 is 1.43 bits per heavy atom. The van der Waals surface area contributed by atoms with Gasteiger partial charge in [-0.15, -0.1) is 12.4 Å². The van der Waals surface area contributed by atoms with Crippen LogP contribution in [0.25, 0.3) is 0 Å². The van der Waals surface area contributed by atoms with Crippen molar-refractivity contribution in [3.8, 4) is 0 Å². The van der Waals surface area contributed by atoms with Crippen molar-refractivity contribution >= 4 is 28.3 Å². The number of hydrogen-bond donors (Lipinski definition) is 1. The van der Waals surface area contributed by atoms with Crippen molar-refractivity contribution in [1.29, 1.82) is 0 Å². The maximum Gasteiger partial charge on any atom is 0.0334 e. The van der Waals surface area contributed by atoms with Crippen LogP contribution in [-0.2, 0) is 0 Å².